The van der Waals surface area contributed by atoms with Gasteiger partial charge in [0.05, 0.1) is 5.56 Å². The van der Waals surface area contributed by atoms with Crippen molar-refractivity contribution in [2.75, 3.05) is 13.1 Å². The van der Waals surface area contributed by atoms with E-state index in [1.807, 2.05) is 28.7 Å². The molecular formula is C19H20FIN2O. The molecule has 1 fully saturated rings. The Kier molecular flexibility index (Phi) is 5.84. The van der Waals surface area contributed by atoms with E-state index in [0.717, 1.165) is 32.5 Å². The fourth-order valence-corrected chi connectivity index (χ4v) is 3.74. The van der Waals surface area contributed by atoms with Crippen LogP contribution >= 0.6 is 22.6 Å². The zero-order valence-electron chi connectivity index (χ0n) is 13.3. The van der Waals surface area contributed by atoms with Gasteiger partial charge in [0.15, 0.2) is 0 Å². The summed E-state index contributed by atoms with van der Waals surface area (Å²) in [5, 5.41) is 3.09. The van der Waals surface area contributed by atoms with Crippen molar-refractivity contribution in [3.05, 3.63) is 69.0 Å². The highest BCUT2D eigenvalue weighted by Gasteiger charge is 2.22. The maximum Gasteiger partial charge on any atom is 0.252 e. The highest BCUT2D eigenvalue weighted by atomic mass is 127. The number of halogens is 2. The SMILES string of the molecule is O=C(NC1CCN(Cc2ccccc2)CC1)c1ccc(F)cc1I. The minimum absolute atomic E-state index is 0.110. The molecule has 0 bridgehead atoms. The van der Waals surface area contributed by atoms with Crippen molar-refractivity contribution in [3.8, 4) is 0 Å². The van der Waals surface area contributed by atoms with E-state index in [1.54, 1.807) is 6.07 Å². The molecule has 1 saturated heterocycles. The fraction of sp³-hybridized carbons (Fsp3) is 0.316. The molecular weight excluding hydrogens is 418 g/mol. The van der Waals surface area contributed by atoms with Crippen LogP contribution in [0.3, 0.4) is 0 Å². The molecule has 24 heavy (non-hydrogen) atoms. The second kappa shape index (κ2) is 8.07. The molecule has 126 valence electrons. The van der Waals surface area contributed by atoms with E-state index in [9.17, 15) is 9.18 Å². The summed E-state index contributed by atoms with van der Waals surface area (Å²) in [6.45, 7) is 2.90. The van der Waals surface area contributed by atoms with Gasteiger partial charge in [-0.1, -0.05) is 30.3 Å². The first-order valence-corrected chi connectivity index (χ1v) is 9.22. The third kappa shape index (κ3) is 4.54. The first-order valence-electron chi connectivity index (χ1n) is 8.14. The largest absolute Gasteiger partial charge is 0.349 e. The van der Waals surface area contributed by atoms with Crippen LogP contribution in [0, 0.1) is 9.39 Å². The number of piperidine rings is 1. The number of likely N-dealkylation sites (tertiary alicyclic amines) is 1. The fourth-order valence-electron chi connectivity index (χ4n) is 3.01. The smallest absolute Gasteiger partial charge is 0.252 e. The lowest BCUT2D eigenvalue weighted by molar-refractivity contribution is 0.0908. The van der Waals surface area contributed by atoms with Crippen LogP contribution in [0.2, 0.25) is 0 Å². The molecule has 5 heteroatoms. The lowest BCUT2D eigenvalue weighted by Crippen LogP contribution is -2.44. The molecule has 0 saturated carbocycles. The third-order valence-corrected chi connectivity index (χ3v) is 5.24. The minimum Gasteiger partial charge on any atom is -0.349 e. The lowest BCUT2D eigenvalue weighted by Gasteiger charge is -2.32. The second-order valence-corrected chi connectivity index (χ2v) is 7.30. The van der Waals surface area contributed by atoms with Crippen molar-refractivity contribution >= 4 is 28.5 Å². The Hall–Kier alpha value is -1.47. The molecule has 1 N–H and O–H groups in total. The summed E-state index contributed by atoms with van der Waals surface area (Å²) in [6, 6.07) is 14.9. The van der Waals surface area contributed by atoms with E-state index in [-0.39, 0.29) is 17.8 Å². The average molecular weight is 438 g/mol. The molecule has 0 aliphatic carbocycles. The standard InChI is InChI=1S/C19H20FIN2O/c20-15-6-7-17(18(21)12-15)19(24)22-16-8-10-23(11-9-16)13-14-4-2-1-3-5-14/h1-7,12,16H,8-11,13H2,(H,22,24). The number of carbonyl (C=O) groups excluding carboxylic acids is 1. The Bertz CT molecular complexity index is 700. The lowest BCUT2D eigenvalue weighted by atomic mass is 10.0. The van der Waals surface area contributed by atoms with E-state index >= 15 is 0 Å². The van der Waals surface area contributed by atoms with Gasteiger partial charge in [0.2, 0.25) is 0 Å². The first-order chi connectivity index (χ1) is 11.6. The van der Waals surface area contributed by atoms with Crippen molar-refractivity contribution in [1.82, 2.24) is 10.2 Å². The van der Waals surface area contributed by atoms with E-state index < -0.39 is 0 Å². The van der Waals surface area contributed by atoms with Crippen LogP contribution in [0.1, 0.15) is 28.8 Å². The molecule has 2 aromatic carbocycles. The number of hydrogen-bond acceptors (Lipinski definition) is 2. The number of hydrogen-bond donors (Lipinski definition) is 1. The molecule has 0 atom stereocenters. The quantitative estimate of drug-likeness (QED) is 0.737. The first kappa shape index (κ1) is 17.4. The van der Waals surface area contributed by atoms with Crippen LogP contribution in [0.5, 0.6) is 0 Å². The van der Waals surface area contributed by atoms with Gasteiger partial charge in [-0.2, -0.15) is 0 Å². The zero-order chi connectivity index (χ0) is 16.9. The van der Waals surface area contributed by atoms with Crippen LogP contribution in [0.4, 0.5) is 4.39 Å². The molecule has 3 rings (SSSR count). The summed E-state index contributed by atoms with van der Waals surface area (Å²) in [5.41, 5.74) is 1.87. The highest BCUT2D eigenvalue weighted by molar-refractivity contribution is 14.1. The van der Waals surface area contributed by atoms with Crippen molar-refractivity contribution in [2.24, 2.45) is 0 Å². The predicted octanol–water partition coefficient (Wildman–Crippen LogP) is 3.82. The average Bonchev–Trinajstić information content (AvgIpc) is 2.57. The molecule has 1 aliphatic rings. The van der Waals surface area contributed by atoms with Crippen molar-refractivity contribution in [2.45, 2.75) is 25.4 Å². The molecule has 0 aromatic heterocycles. The van der Waals surface area contributed by atoms with E-state index in [2.05, 4.69) is 34.5 Å². The number of amides is 1. The Labute approximate surface area is 155 Å². The van der Waals surface area contributed by atoms with Crippen molar-refractivity contribution in [1.29, 1.82) is 0 Å². The van der Waals surface area contributed by atoms with Gasteiger partial charge in [-0.25, -0.2) is 4.39 Å². The summed E-state index contributed by atoms with van der Waals surface area (Å²) in [4.78, 5) is 14.8. The summed E-state index contributed by atoms with van der Waals surface area (Å²) >= 11 is 2.00. The van der Waals surface area contributed by atoms with Crippen LogP contribution < -0.4 is 5.32 Å². The van der Waals surface area contributed by atoms with Gasteiger partial charge in [-0.05, 0) is 59.2 Å². The highest BCUT2D eigenvalue weighted by Crippen LogP contribution is 2.17. The molecule has 1 amide bonds. The predicted molar refractivity (Wildman–Crippen MR) is 101 cm³/mol. The van der Waals surface area contributed by atoms with Gasteiger partial charge in [-0.15, -0.1) is 0 Å². The molecule has 1 aliphatic heterocycles. The number of nitrogens with one attached hydrogen (secondary N) is 1. The van der Waals surface area contributed by atoms with E-state index in [4.69, 9.17) is 0 Å². The molecule has 2 aromatic rings. The van der Waals surface area contributed by atoms with Gasteiger partial charge >= 0.3 is 0 Å². The monoisotopic (exact) mass is 438 g/mol. The van der Waals surface area contributed by atoms with Gasteiger partial charge in [0, 0.05) is 29.2 Å². The molecule has 0 radical (unpaired) electrons. The van der Waals surface area contributed by atoms with Gasteiger partial charge in [-0.3, -0.25) is 9.69 Å². The van der Waals surface area contributed by atoms with Crippen LogP contribution in [0.25, 0.3) is 0 Å². The Morgan fingerprint density at radius 1 is 1.17 bits per heavy atom. The Morgan fingerprint density at radius 3 is 2.54 bits per heavy atom. The second-order valence-electron chi connectivity index (χ2n) is 6.13. The maximum atomic E-state index is 13.1. The van der Waals surface area contributed by atoms with Crippen molar-refractivity contribution in [3.63, 3.8) is 0 Å². The molecule has 0 unspecified atom stereocenters. The number of benzene rings is 2. The van der Waals surface area contributed by atoms with Gasteiger partial charge in [0.1, 0.15) is 5.82 Å². The number of nitrogens with zero attached hydrogens (tertiary/aromatic N) is 1. The summed E-state index contributed by atoms with van der Waals surface area (Å²) in [6.07, 6.45) is 1.88. The third-order valence-electron chi connectivity index (χ3n) is 4.35. The van der Waals surface area contributed by atoms with Crippen LogP contribution in [-0.2, 0) is 6.54 Å². The molecule has 1 heterocycles. The Morgan fingerprint density at radius 2 is 1.88 bits per heavy atom. The van der Waals surface area contributed by atoms with Crippen LogP contribution in [0.15, 0.2) is 48.5 Å². The zero-order valence-corrected chi connectivity index (χ0v) is 15.5. The van der Waals surface area contributed by atoms with Crippen molar-refractivity contribution < 1.29 is 9.18 Å². The molecule has 0 spiro atoms. The summed E-state index contributed by atoms with van der Waals surface area (Å²) in [5.74, 6) is -0.425. The summed E-state index contributed by atoms with van der Waals surface area (Å²) < 4.78 is 13.8. The number of rotatable bonds is 4. The van der Waals surface area contributed by atoms with E-state index in [0.29, 0.717) is 9.13 Å². The van der Waals surface area contributed by atoms with E-state index in [1.165, 1.54) is 17.7 Å². The van der Waals surface area contributed by atoms with Gasteiger partial charge < -0.3 is 5.32 Å². The maximum absolute atomic E-state index is 13.1. The normalized spacial score (nSPS) is 16.1. The van der Waals surface area contributed by atoms with Gasteiger partial charge in [0.25, 0.3) is 5.91 Å². The Balaban J connectivity index is 1.51. The number of carbonyl (C=O) groups is 1. The molecule has 3 nitrogen and oxygen atoms in total. The summed E-state index contributed by atoms with van der Waals surface area (Å²) in [7, 11) is 0. The van der Waals surface area contributed by atoms with Crippen LogP contribution in [-0.4, -0.2) is 29.9 Å². The minimum atomic E-state index is -0.315. The topological polar surface area (TPSA) is 32.3 Å².